The van der Waals surface area contributed by atoms with E-state index in [4.69, 9.17) is 0 Å². The van der Waals surface area contributed by atoms with Crippen LogP contribution in [-0.2, 0) is 23.1 Å². The molecule has 0 radical (unpaired) electrons. The Bertz CT molecular complexity index is 1640. The number of aliphatic carboxylic acids is 1. The largest absolute Gasteiger partial charge is 0.480 e. The lowest BCUT2D eigenvalue weighted by atomic mass is 10.0. The fourth-order valence-electron chi connectivity index (χ4n) is 3.93. The number of carboxylic acids is 1. The molecule has 1 atom stereocenters. The van der Waals surface area contributed by atoms with Crippen molar-refractivity contribution in [3.05, 3.63) is 66.7 Å². The average molecular weight is 515 g/mol. The Morgan fingerprint density at radius 1 is 1.11 bits per heavy atom. The van der Waals surface area contributed by atoms with Crippen molar-refractivity contribution in [2.45, 2.75) is 29.3 Å². The van der Waals surface area contributed by atoms with Crippen LogP contribution in [0.4, 0.5) is 11.5 Å². The molecule has 5 rings (SSSR count). The van der Waals surface area contributed by atoms with Crippen LogP contribution in [-0.4, -0.2) is 47.5 Å². The van der Waals surface area contributed by atoms with Gasteiger partial charge in [0.2, 0.25) is 5.91 Å². The van der Waals surface area contributed by atoms with E-state index in [-0.39, 0.29) is 6.42 Å². The van der Waals surface area contributed by atoms with E-state index in [9.17, 15) is 14.7 Å². The number of azo groups is 1. The van der Waals surface area contributed by atoms with E-state index >= 15 is 0 Å². The number of para-hydroxylation sites is 1. The van der Waals surface area contributed by atoms with Crippen molar-refractivity contribution in [2.24, 2.45) is 17.3 Å². The second kappa shape index (κ2) is 10.2. The van der Waals surface area contributed by atoms with Crippen LogP contribution in [0.15, 0.2) is 81.3 Å². The summed E-state index contributed by atoms with van der Waals surface area (Å²) in [5.74, 6) is -1.10. The van der Waals surface area contributed by atoms with Gasteiger partial charge in [0, 0.05) is 41.8 Å². The minimum Gasteiger partial charge on any atom is -0.480 e. The van der Waals surface area contributed by atoms with Gasteiger partial charge in [0.1, 0.15) is 22.9 Å². The van der Waals surface area contributed by atoms with Gasteiger partial charge in [-0.15, -0.1) is 10.2 Å². The number of imidazole rings is 1. The van der Waals surface area contributed by atoms with E-state index in [2.05, 4.69) is 35.5 Å². The lowest BCUT2D eigenvalue weighted by Crippen LogP contribution is -2.41. The van der Waals surface area contributed by atoms with Crippen LogP contribution < -0.4 is 5.32 Å². The number of benzene rings is 2. The first-order valence-electron chi connectivity index (χ1n) is 11.3. The molecule has 0 unspecified atom stereocenters. The van der Waals surface area contributed by atoms with Crippen molar-refractivity contribution in [1.29, 1.82) is 0 Å². The van der Waals surface area contributed by atoms with Gasteiger partial charge in [-0.1, -0.05) is 30.0 Å². The molecule has 1 amide bonds. The molecule has 0 saturated carbocycles. The summed E-state index contributed by atoms with van der Waals surface area (Å²) in [6, 6.07) is 13.9. The second-order valence-electron chi connectivity index (χ2n) is 8.30. The number of aromatic amines is 1. The number of rotatable bonds is 8. The van der Waals surface area contributed by atoms with E-state index in [1.165, 1.54) is 25.0 Å². The molecule has 0 saturated heterocycles. The smallest absolute Gasteiger partial charge is 0.326 e. The second-order valence-corrected chi connectivity index (χ2v) is 9.36. The first kappa shape index (κ1) is 24.1. The van der Waals surface area contributed by atoms with Crippen LogP contribution in [0.1, 0.15) is 12.5 Å². The Kier molecular flexibility index (Phi) is 6.64. The summed E-state index contributed by atoms with van der Waals surface area (Å²) in [6.45, 7) is 1.29. The van der Waals surface area contributed by atoms with Crippen LogP contribution in [0.5, 0.6) is 0 Å². The molecule has 0 aliphatic heterocycles. The van der Waals surface area contributed by atoms with E-state index in [0.29, 0.717) is 17.1 Å². The zero-order chi connectivity index (χ0) is 25.9. The summed E-state index contributed by atoms with van der Waals surface area (Å²) in [7, 11) is 1.89. The molecule has 2 aromatic carbocycles. The van der Waals surface area contributed by atoms with Crippen LogP contribution in [0.2, 0.25) is 0 Å². The highest BCUT2D eigenvalue weighted by Crippen LogP contribution is 2.33. The average Bonchev–Trinajstić information content (AvgIpc) is 3.44. The third-order valence-electron chi connectivity index (χ3n) is 5.66. The van der Waals surface area contributed by atoms with Gasteiger partial charge in [-0.2, -0.15) is 0 Å². The number of fused-ring (bicyclic) bond motifs is 2. The molecule has 3 aromatic heterocycles. The van der Waals surface area contributed by atoms with Gasteiger partial charge < -0.3 is 20.0 Å². The first-order valence-corrected chi connectivity index (χ1v) is 12.1. The van der Waals surface area contributed by atoms with E-state index in [1.54, 1.807) is 6.33 Å². The number of hydrogen-bond acceptors (Lipinski definition) is 8. The normalized spacial score (nSPS) is 12.4. The van der Waals surface area contributed by atoms with E-state index in [1.807, 2.05) is 60.1 Å². The molecule has 11 nitrogen and oxygen atoms in total. The molecular weight excluding hydrogens is 492 g/mol. The maximum atomic E-state index is 11.7. The molecule has 0 fully saturated rings. The van der Waals surface area contributed by atoms with Crippen molar-refractivity contribution in [3.63, 3.8) is 0 Å². The van der Waals surface area contributed by atoms with Gasteiger partial charge in [-0.05, 0) is 30.3 Å². The van der Waals surface area contributed by atoms with Crippen molar-refractivity contribution in [2.75, 3.05) is 0 Å². The molecule has 3 N–H and O–H groups in total. The first-order chi connectivity index (χ1) is 17.9. The minimum atomic E-state index is -1.12. The molecule has 0 aliphatic rings. The molecule has 0 aliphatic carbocycles. The fraction of sp³-hybridized carbons (Fsp3) is 0.160. The number of carbonyl (C=O) groups excluding carboxylic acids is 1. The third kappa shape index (κ3) is 5.19. The molecule has 37 heavy (non-hydrogen) atoms. The summed E-state index contributed by atoms with van der Waals surface area (Å²) >= 11 is 1.48. The lowest BCUT2D eigenvalue weighted by molar-refractivity contribution is -0.141. The molecule has 186 valence electrons. The summed E-state index contributed by atoms with van der Waals surface area (Å²) < 4.78 is 1.84. The molecule has 12 heteroatoms. The Balaban J connectivity index is 1.39. The Hall–Kier alpha value is -4.58. The number of amides is 1. The SMILES string of the molecule is CC(=O)N[C@@H](Cc1c(N=Nc2ccc(Sc3ncnc4c3ncn4C)cc2)[nH]c2ccccc12)C(=O)O. The maximum Gasteiger partial charge on any atom is 0.326 e. The zero-order valence-electron chi connectivity index (χ0n) is 19.9. The fourth-order valence-corrected chi connectivity index (χ4v) is 4.76. The van der Waals surface area contributed by atoms with Gasteiger partial charge in [0.05, 0.1) is 12.0 Å². The van der Waals surface area contributed by atoms with E-state index in [0.717, 1.165) is 32.0 Å². The molecule has 3 heterocycles. The lowest BCUT2D eigenvalue weighted by Gasteiger charge is -2.13. The van der Waals surface area contributed by atoms with Crippen LogP contribution in [0, 0.1) is 0 Å². The van der Waals surface area contributed by atoms with Crippen LogP contribution in [0.3, 0.4) is 0 Å². The monoisotopic (exact) mass is 514 g/mol. The molecular formula is C25H22N8O3S. The number of nitrogens with one attached hydrogen (secondary N) is 2. The topological polar surface area (TPSA) is 151 Å². The predicted octanol–water partition coefficient (Wildman–Crippen LogP) is 4.54. The van der Waals surface area contributed by atoms with Crippen molar-refractivity contribution >= 4 is 57.2 Å². The van der Waals surface area contributed by atoms with Crippen molar-refractivity contribution in [1.82, 2.24) is 29.8 Å². The standard InChI is InChI=1S/C25H22N8O3S/c1-14(34)29-20(25(35)36)11-18-17-5-3-4-6-19(17)30-22(18)32-31-15-7-9-16(10-8-15)37-24-21-23(26-12-27-24)33(2)13-28-21/h3-10,12-13,20,30H,11H2,1-2H3,(H,29,34)(H,35,36)/t20-/m0/s1. The van der Waals surface area contributed by atoms with Gasteiger partial charge in [0.25, 0.3) is 0 Å². The van der Waals surface area contributed by atoms with Crippen LogP contribution in [0.25, 0.3) is 22.1 Å². The number of hydrogen-bond donors (Lipinski definition) is 3. The number of carbonyl (C=O) groups is 2. The Labute approximate surface area is 215 Å². The number of aryl methyl sites for hydroxylation is 1. The number of carboxylic acid groups (broad SMARTS) is 1. The van der Waals surface area contributed by atoms with Gasteiger partial charge >= 0.3 is 5.97 Å². The Morgan fingerprint density at radius 3 is 2.65 bits per heavy atom. The summed E-state index contributed by atoms with van der Waals surface area (Å²) in [4.78, 5) is 40.4. The number of H-pyrrole nitrogens is 1. The minimum absolute atomic E-state index is 0.0593. The third-order valence-corrected chi connectivity index (χ3v) is 6.66. The van der Waals surface area contributed by atoms with E-state index < -0.39 is 17.9 Å². The van der Waals surface area contributed by atoms with Gasteiger partial charge in [0.15, 0.2) is 11.5 Å². The predicted molar refractivity (Wildman–Crippen MR) is 138 cm³/mol. The summed E-state index contributed by atoms with van der Waals surface area (Å²) in [6.07, 6.45) is 3.29. The number of nitrogens with zero attached hydrogens (tertiary/aromatic N) is 6. The molecule has 0 bridgehead atoms. The quantitative estimate of drug-likeness (QED) is 0.203. The maximum absolute atomic E-state index is 11.7. The highest BCUT2D eigenvalue weighted by molar-refractivity contribution is 7.99. The Morgan fingerprint density at radius 2 is 1.89 bits per heavy atom. The molecule has 0 spiro atoms. The molecule has 5 aromatic rings. The highest BCUT2D eigenvalue weighted by Gasteiger charge is 2.23. The van der Waals surface area contributed by atoms with Crippen molar-refractivity contribution < 1.29 is 14.7 Å². The number of aromatic nitrogens is 5. The van der Waals surface area contributed by atoms with Gasteiger partial charge in [-0.3, -0.25) is 4.79 Å². The highest BCUT2D eigenvalue weighted by atomic mass is 32.2. The zero-order valence-corrected chi connectivity index (χ0v) is 20.7. The van der Waals surface area contributed by atoms with Gasteiger partial charge in [-0.25, -0.2) is 19.7 Å². The van der Waals surface area contributed by atoms with Crippen molar-refractivity contribution in [3.8, 4) is 0 Å². The van der Waals surface area contributed by atoms with Crippen LogP contribution >= 0.6 is 11.8 Å². The summed E-state index contributed by atoms with van der Waals surface area (Å²) in [5.41, 5.74) is 3.59. The summed E-state index contributed by atoms with van der Waals surface area (Å²) in [5, 5.41) is 22.4.